The lowest BCUT2D eigenvalue weighted by Crippen LogP contribution is -2.26. The van der Waals surface area contributed by atoms with Crippen LogP contribution in [0.4, 0.5) is 5.69 Å². The summed E-state index contributed by atoms with van der Waals surface area (Å²) in [7, 11) is 0. The summed E-state index contributed by atoms with van der Waals surface area (Å²) in [6.45, 7) is 0. The lowest BCUT2D eigenvalue weighted by molar-refractivity contribution is -0.384. The summed E-state index contributed by atoms with van der Waals surface area (Å²) < 4.78 is 0. The average molecular weight is 327 g/mol. The molecule has 0 aliphatic carbocycles. The first-order chi connectivity index (χ1) is 12.1. The van der Waals surface area contributed by atoms with Crippen molar-refractivity contribution >= 4 is 48.8 Å². The van der Waals surface area contributed by atoms with Crippen LogP contribution in [0, 0.1) is 10.1 Å². The molecular formula is C20H9NO4. The Morgan fingerprint density at radius 1 is 0.640 bits per heavy atom. The minimum Gasteiger partial charge on any atom is -0.285 e. The lowest BCUT2D eigenvalue weighted by Gasteiger charge is -2.13. The van der Waals surface area contributed by atoms with E-state index in [9.17, 15) is 19.7 Å². The van der Waals surface area contributed by atoms with Crippen molar-refractivity contribution in [2.24, 2.45) is 0 Å². The zero-order valence-corrected chi connectivity index (χ0v) is 12.8. The Balaban J connectivity index is 2.32. The van der Waals surface area contributed by atoms with Gasteiger partial charge in [0.25, 0.3) is 0 Å². The first kappa shape index (κ1) is 13.8. The van der Waals surface area contributed by atoms with Crippen molar-refractivity contribution in [1.82, 2.24) is 0 Å². The highest BCUT2D eigenvalue weighted by atomic mass is 16.6. The molecule has 0 heterocycles. The quantitative estimate of drug-likeness (QED) is 0.154. The highest BCUT2D eigenvalue weighted by Gasteiger charge is 2.25. The summed E-state index contributed by atoms with van der Waals surface area (Å²) in [5.41, 5.74) is -2.51. The van der Waals surface area contributed by atoms with E-state index in [2.05, 4.69) is 0 Å². The number of fused-ring (bicyclic) bond motifs is 2. The Morgan fingerprint density at radius 3 is 1.88 bits per heavy atom. The van der Waals surface area contributed by atoms with E-state index in [0.29, 0.717) is 10.8 Å². The lowest BCUT2D eigenvalue weighted by atomic mass is 9.89. The Labute approximate surface area is 139 Å². The molecule has 0 fully saturated rings. The maximum atomic E-state index is 12.8. The molecule has 0 radical (unpaired) electrons. The van der Waals surface area contributed by atoms with Crippen LogP contribution >= 0.6 is 0 Å². The monoisotopic (exact) mass is 327 g/mol. The molecule has 0 N–H and O–H groups in total. The van der Waals surface area contributed by atoms with E-state index in [1.54, 1.807) is 12.1 Å². The van der Waals surface area contributed by atoms with E-state index in [4.69, 9.17) is 0 Å². The largest absolute Gasteiger partial charge is 0.328 e. The Hall–Kier alpha value is -3.60. The van der Waals surface area contributed by atoms with Crippen LogP contribution in [-0.2, 0) is 0 Å². The van der Waals surface area contributed by atoms with Gasteiger partial charge >= 0.3 is 11.1 Å². The fourth-order valence-electron chi connectivity index (χ4n) is 3.91. The van der Waals surface area contributed by atoms with Gasteiger partial charge in [-0.05, 0) is 33.0 Å². The highest BCUT2D eigenvalue weighted by molar-refractivity contribution is 6.33. The predicted octanol–water partition coefficient (Wildman–Crippen LogP) is 3.80. The first-order valence-electron chi connectivity index (χ1n) is 7.73. The van der Waals surface area contributed by atoms with Crippen molar-refractivity contribution in [3.8, 4) is 0 Å². The van der Waals surface area contributed by atoms with E-state index in [1.165, 1.54) is 6.07 Å². The Bertz CT molecular complexity index is 1450. The van der Waals surface area contributed by atoms with Gasteiger partial charge in [-0.2, -0.15) is 0 Å². The number of nitrogens with zero attached hydrogens (tertiary/aromatic N) is 1. The Morgan fingerprint density at radius 2 is 1.20 bits per heavy atom. The summed E-state index contributed by atoms with van der Waals surface area (Å²) in [5.74, 6) is 0. The molecule has 0 amide bonds. The average Bonchev–Trinajstić information content (AvgIpc) is 2.61. The molecular weight excluding hydrogens is 318 g/mol. The van der Waals surface area contributed by atoms with Crippen molar-refractivity contribution in [3.05, 3.63) is 85.2 Å². The van der Waals surface area contributed by atoms with Crippen LogP contribution in [0.3, 0.4) is 0 Å². The molecule has 25 heavy (non-hydrogen) atoms. The molecule has 0 aliphatic rings. The summed E-state index contributed by atoms with van der Waals surface area (Å²) in [6.07, 6.45) is 0. The molecule has 5 nitrogen and oxygen atoms in total. The number of nitro groups is 1. The molecule has 5 rings (SSSR count). The van der Waals surface area contributed by atoms with Gasteiger partial charge in [0.05, 0.1) is 10.3 Å². The van der Waals surface area contributed by atoms with Crippen LogP contribution in [0.5, 0.6) is 0 Å². The second-order valence-corrected chi connectivity index (χ2v) is 6.08. The Kier molecular flexibility index (Phi) is 2.47. The fraction of sp³-hybridized carbons (Fsp3) is 0. The van der Waals surface area contributed by atoms with E-state index < -0.39 is 21.5 Å². The second kappa shape index (κ2) is 4.48. The van der Waals surface area contributed by atoms with E-state index in [0.717, 1.165) is 21.5 Å². The summed E-state index contributed by atoms with van der Waals surface area (Å²) in [5, 5.41) is 16.6. The van der Waals surface area contributed by atoms with Crippen molar-refractivity contribution < 1.29 is 4.92 Å². The van der Waals surface area contributed by atoms with Crippen LogP contribution in [0.1, 0.15) is 0 Å². The number of benzene rings is 5. The molecule has 5 aromatic carbocycles. The molecule has 5 heteroatoms. The molecule has 0 aliphatic heterocycles. The van der Waals surface area contributed by atoms with Gasteiger partial charge < -0.3 is 0 Å². The van der Waals surface area contributed by atoms with Gasteiger partial charge in [0, 0.05) is 10.8 Å². The first-order valence-corrected chi connectivity index (χ1v) is 7.73. The van der Waals surface area contributed by atoms with Crippen LogP contribution < -0.4 is 10.9 Å². The zero-order chi connectivity index (χ0) is 17.3. The van der Waals surface area contributed by atoms with Gasteiger partial charge in [0.2, 0.25) is 5.43 Å². The van der Waals surface area contributed by atoms with Crippen LogP contribution in [0.2, 0.25) is 0 Å². The highest BCUT2D eigenvalue weighted by Crippen LogP contribution is 2.39. The molecule has 5 aromatic rings. The number of hydrogen-bond acceptors (Lipinski definition) is 4. The number of hydrogen-bond donors (Lipinski definition) is 0. The normalized spacial score (nSPS) is 11.8. The van der Waals surface area contributed by atoms with Crippen LogP contribution in [-0.4, -0.2) is 4.92 Å². The van der Waals surface area contributed by atoms with Crippen LogP contribution in [0.25, 0.3) is 43.1 Å². The third kappa shape index (κ3) is 1.57. The number of non-ortho nitro benzene ring substituents is 1. The smallest absolute Gasteiger partial charge is 0.285 e. The number of nitro benzene ring substituents is 1. The van der Waals surface area contributed by atoms with Crippen molar-refractivity contribution in [3.63, 3.8) is 0 Å². The van der Waals surface area contributed by atoms with Gasteiger partial charge in [-0.3, -0.25) is 19.7 Å². The third-order valence-electron chi connectivity index (χ3n) is 4.86. The van der Waals surface area contributed by atoms with Gasteiger partial charge in [-0.15, -0.1) is 0 Å². The standard InChI is InChI=1S/C20H9NO4/c22-19-17-13-8-2-5-10-4-1-6-11(15(10)13)12-7-3-9-14(16(12)17)18(20(19)23)21(24)25/h1-9H. The zero-order valence-electron chi connectivity index (χ0n) is 12.8. The predicted molar refractivity (Wildman–Crippen MR) is 98.0 cm³/mol. The van der Waals surface area contributed by atoms with Crippen molar-refractivity contribution in [2.45, 2.75) is 0 Å². The summed E-state index contributed by atoms with van der Waals surface area (Å²) in [6, 6.07) is 16.4. The van der Waals surface area contributed by atoms with Gasteiger partial charge in [-0.25, -0.2) is 0 Å². The fourth-order valence-corrected chi connectivity index (χ4v) is 3.91. The molecule has 0 spiro atoms. The summed E-state index contributed by atoms with van der Waals surface area (Å²) in [4.78, 5) is 35.8. The minimum absolute atomic E-state index is 0.216. The second-order valence-electron chi connectivity index (χ2n) is 6.08. The molecule has 118 valence electrons. The molecule has 0 saturated carbocycles. The van der Waals surface area contributed by atoms with E-state index in [1.807, 2.05) is 36.4 Å². The van der Waals surface area contributed by atoms with Crippen molar-refractivity contribution in [2.75, 3.05) is 0 Å². The van der Waals surface area contributed by atoms with Crippen LogP contribution in [0.15, 0.2) is 64.2 Å². The molecule has 0 bridgehead atoms. The maximum Gasteiger partial charge on any atom is 0.328 e. The van der Waals surface area contributed by atoms with Crippen molar-refractivity contribution in [1.29, 1.82) is 0 Å². The maximum absolute atomic E-state index is 12.8. The molecule has 0 unspecified atom stereocenters. The third-order valence-corrected chi connectivity index (χ3v) is 4.86. The van der Waals surface area contributed by atoms with Gasteiger partial charge in [-0.1, -0.05) is 48.5 Å². The molecule has 0 aromatic heterocycles. The van der Waals surface area contributed by atoms with Gasteiger partial charge in [0.1, 0.15) is 0 Å². The summed E-state index contributed by atoms with van der Waals surface area (Å²) >= 11 is 0. The topological polar surface area (TPSA) is 77.3 Å². The minimum atomic E-state index is -1.05. The van der Waals surface area contributed by atoms with Gasteiger partial charge in [0.15, 0.2) is 0 Å². The molecule has 0 saturated heterocycles. The van der Waals surface area contributed by atoms with E-state index in [-0.39, 0.29) is 10.8 Å². The number of rotatable bonds is 1. The molecule has 0 atom stereocenters. The SMILES string of the molecule is O=c1c([N+](=O)[O-])c2cccc3c4cccc5cccc(c(c1=O)c23)c54. The van der Waals surface area contributed by atoms with E-state index >= 15 is 0 Å².